The van der Waals surface area contributed by atoms with Crippen molar-refractivity contribution in [2.24, 2.45) is 10.7 Å². The molecule has 0 saturated carbocycles. The summed E-state index contributed by atoms with van der Waals surface area (Å²) in [6.45, 7) is 1.42. The summed E-state index contributed by atoms with van der Waals surface area (Å²) in [6, 6.07) is 1.09. The summed E-state index contributed by atoms with van der Waals surface area (Å²) in [4.78, 5) is 44.3. The highest BCUT2D eigenvalue weighted by atomic mass is 32.7. The summed E-state index contributed by atoms with van der Waals surface area (Å²) >= 11 is 0.467. The van der Waals surface area contributed by atoms with Crippen LogP contribution in [0, 0.1) is 5.41 Å². The first kappa shape index (κ1) is 40.4. The lowest BCUT2D eigenvalue weighted by Gasteiger charge is -2.29. The maximum absolute atomic E-state index is 14.4. The average molecular weight is 761 g/mol. The standard InChI is InChI=1S/C30H45N6O13PS/c1-6-18-7-9-33-27(17(4)24(18)32)36(14-31)23-11-19(38)21(47-23)13-45-50(42,51-15-44-30(41)46-16(2)3)49-25-20(12-37)48-28(26(25)43-5)35-10-8-22(39)34-29(35)40/h8-10,14,16,19-21,23,25-26,28,31,37-38H,6-7,11-13,15,32H2,1-5H3,(H,34,39,40)/t19?,20-,21-,23-,25?,26?,28-,50?/m1/s1. The minimum absolute atomic E-state index is 0.0207. The molecule has 0 spiro atoms. The van der Waals surface area contributed by atoms with Gasteiger partial charge in [-0.25, -0.2) is 19.1 Å². The van der Waals surface area contributed by atoms with Gasteiger partial charge in [0.2, 0.25) is 0 Å². The molecule has 51 heavy (non-hydrogen) atoms. The minimum Gasteiger partial charge on any atom is -0.432 e. The predicted molar refractivity (Wildman–Crippen MR) is 184 cm³/mol. The van der Waals surface area contributed by atoms with Gasteiger partial charge in [0.25, 0.3) is 5.56 Å². The second-order valence-electron chi connectivity index (χ2n) is 11.9. The predicted octanol–water partition coefficient (Wildman–Crippen LogP) is 1.92. The van der Waals surface area contributed by atoms with Crippen LogP contribution in [-0.2, 0) is 37.3 Å². The Bertz CT molecular complexity index is 1660. The van der Waals surface area contributed by atoms with E-state index in [1.54, 1.807) is 27.0 Å². The first-order valence-corrected chi connectivity index (χ1v) is 19.2. The fourth-order valence-corrected chi connectivity index (χ4v) is 8.40. The van der Waals surface area contributed by atoms with Gasteiger partial charge in [-0.15, -0.1) is 0 Å². The number of nitrogens with zero attached hydrogens (tertiary/aromatic N) is 3. The maximum Gasteiger partial charge on any atom is 0.509 e. The van der Waals surface area contributed by atoms with E-state index < -0.39 is 92.4 Å². The van der Waals surface area contributed by atoms with Gasteiger partial charge in [0, 0.05) is 61.1 Å². The highest BCUT2D eigenvalue weighted by molar-refractivity contribution is 8.55. The number of aromatic nitrogens is 2. The van der Waals surface area contributed by atoms with Crippen molar-refractivity contribution >= 4 is 36.9 Å². The number of nitrogens with two attached hydrogens (primary N) is 1. The van der Waals surface area contributed by atoms with Crippen molar-refractivity contribution in [3.63, 3.8) is 0 Å². The lowest BCUT2D eigenvalue weighted by Crippen LogP contribution is -2.39. The number of aliphatic hydroxyl groups is 2. The molecule has 0 aromatic carbocycles. The number of rotatable bonds is 16. The molecule has 1 aromatic heterocycles. The van der Waals surface area contributed by atoms with E-state index in [1.807, 2.05) is 6.92 Å². The van der Waals surface area contributed by atoms with Crippen LogP contribution in [0.3, 0.4) is 0 Å². The Morgan fingerprint density at radius 1 is 1.31 bits per heavy atom. The van der Waals surface area contributed by atoms with Gasteiger partial charge in [0.1, 0.15) is 36.5 Å². The van der Waals surface area contributed by atoms with Crippen LogP contribution < -0.4 is 17.0 Å². The third-order valence-electron chi connectivity index (χ3n) is 8.23. The quantitative estimate of drug-likeness (QED) is 0.0530. The minimum atomic E-state index is -4.43. The van der Waals surface area contributed by atoms with Crippen LogP contribution in [0.4, 0.5) is 4.79 Å². The lowest BCUT2D eigenvalue weighted by molar-refractivity contribution is -0.0625. The number of allylic oxidation sites excluding steroid dienone is 2. The number of hydrogen-bond donors (Lipinski definition) is 5. The van der Waals surface area contributed by atoms with Crippen molar-refractivity contribution in [3.8, 4) is 0 Å². The number of nitrogens with one attached hydrogen (secondary N) is 2. The number of aliphatic hydroxyl groups excluding tert-OH is 2. The van der Waals surface area contributed by atoms with Crippen LogP contribution in [0.25, 0.3) is 0 Å². The highest BCUT2D eigenvalue weighted by Gasteiger charge is 2.51. The molecule has 19 nitrogen and oxygen atoms in total. The summed E-state index contributed by atoms with van der Waals surface area (Å²) < 4.78 is 54.6. The van der Waals surface area contributed by atoms with Gasteiger partial charge < -0.3 is 39.6 Å². The Hall–Kier alpha value is -3.33. The van der Waals surface area contributed by atoms with E-state index >= 15 is 0 Å². The third kappa shape index (κ3) is 9.76. The van der Waals surface area contributed by atoms with E-state index in [1.165, 1.54) is 18.2 Å². The molecule has 284 valence electrons. The summed E-state index contributed by atoms with van der Waals surface area (Å²) in [6.07, 6.45) is -4.37. The number of aromatic amines is 1. The number of carbonyl (C=O) groups is 1. The smallest absolute Gasteiger partial charge is 0.432 e. The van der Waals surface area contributed by atoms with E-state index in [0.717, 1.165) is 29.0 Å². The monoisotopic (exact) mass is 760 g/mol. The average Bonchev–Trinajstić information content (AvgIpc) is 3.58. The van der Waals surface area contributed by atoms with Gasteiger partial charge in [-0.3, -0.25) is 33.7 Å². The van der Waals surface area contributed by atoms with Gasteiger partial charge in [0.15, 0.2) is 12.2 Å². The van der Waals surface area contributed by atoms with Crippen LogP contribution in [0.5, 0.6) is 0 Å². The fourth-order valence-electron chi connectivity index (χ4n) is 5.61. The van der Waals surface area contributed by atoms with Crippen molar-refractivity contribution < 1.29 is 52.3 Å². The first-order valence-electron chi connectivity index (χ1n) is 16.1. The lowest BCUT2D eigenvalue weighted by atomic mass is 10.0. The molecule has 3 aliphatic rings. The molecule has 8 atom stereocenters. The van der Waals surface area contributed by atoms with Gasteiger partial charge in [0.05, 0.1) is 31.8 Å². The SMILES string of the molecule is CCC1=C(N)C(C)=C(N(C=N)[C@H]2CC(O)[C@@H](COP(=O)(OC3C(OC)[C@H](n4ccc(=O)[nH]c4=O)O[C@@H]3CO)SCOC(=O)OC(C)C)O2)N=CC1. The number of H-pyrrole nitrogens is 1. The Morgan fingerprint density at radius 3 is 2.69 bits per heavy atom. The topological polar surface area (TPSA) is 260 Å². The second-order valence-corrected chi connectivity index (χ2v) is 15.9. The van der Waals surface area contributed by atoms with Gasteiger partial charge in [-0.2, -0.15) is 0 Å². The molecule has 1 aromatic rings. The molecule has 0 aliphatic carbocycles. The number of methoxy groups -OCH3 is 1. The first-order chi connectivity index (χ1) is 24.2. The van der Waals surface area contributed by atoms with Gasteiger partial charge in [-0.1, -0.05) is 6.92 Å². The number of hydrogen-bond acceptors (Lipinski definition) is 17. The highest BCUT2D eigenvalue weighted by Crippen LogP contribution is 2.63. The van der Waals surface area contributed by atoms with Crippen LogP contribution in [0.2, 0.25) is 0 Å². The molecule has 2 saturated heterocycles. The van der Waals surface area contributed by atoms with Crippen molar-refractivity contribution in [1.82, 2.24) is 14.5 Å². The van der Waals surface area contributed by atoms with Crippen LogP contribution >= 0.6 is 18.2 Å². The molecule has 3 aliphatic heterocycles. The van der Waals surface area contributed by atoms with Crippen molar-refractivity contribution in [3.05, 3.63) is 55.8 Å². The summed E-state index contributed by atoms with van der Waals surface area (Å²) in [5.41, 5.74) is 7.10. The van der Waals surface area contributed by atoms with E-state index in [4.69, 9.17) is 43.9 Å². The van der Waals surface area contributed by atoms with E-state index in [-0.39, 0.29) is 6.42 Å². The van der Waals surface area contributed by atoms with E-state index in [0.29, 0.717) is 34.9 Å². The molecule has 6 N–H and O–H groups in total. The van der Waals surface area contributed by atoms with Gasteiger partial charge in [-0.05, 0) is 32.8 Å². The normalized spacial score (nSPS) is 27.8. The number of carbonyl (C=O) groups excluding carboxylic acids is 1. The zero-order valence-corrected chi connectivity index (χ0v) is 30.5. The summed E-state index contributed by atoms with van der Waals surface area (Å²) in [5, 5.41) is 29.3. The second kappa shape index (κ2) is 17.9. The molecule has 4 heterocycles. The van der Waals surface area contributed by atoms with E-state index in [9.17, 15) is 29.2 Å². The number of aliphatic imine (C=N–C) groups is 1. The van der Waals surface area contributed by atoms with Crippen molar-refractivity contribution in [1.29, 1.82) is 5.41 Å². The van der Waals surface area contributed by atoms with Crippen molar-refractivity contribution in [2.45, 2.75) is 96.0 Å². The van der Waals surface area contributed by atoms with Crippen LogP contribution in [0.15, 0.2) is 49.5 Å². The Balaban J connectivity index is 1.55. The molecule has 0 radical (unpaired) electrons. The van der Waals surface area contributed by atoms with Crippen LogP contribution in [0.1, 0.15) is 53.2 Å². The molecular weight excluding hydrogens is 715 g/mol. The largest absolute Gasteiger partial charge is 0.509 e. The Kier molecular flexibility index (Phi) is 14.2. The molecule has 4 rings (SSSR count). The summed E-state index contributed by atoms with van der Waals surface area (Å²) in [5.74, 6) is -0.184. The zero-order valence-electron chi connectivity index (χ0n) is 28.8. The Morgan fingerprint density at radius 2 is 2.06 bits per heavy atom. The number of ether oxygens (including phenoxy) is 5. The molecule has 21 heteroatoms. The zero-order chi connectivity index (χ0) is 37.5. The van der Waals surface area contributed by atoms with Gasteiger partial charge >= 0.3 is 18.6 Å². The van der Waals surface area contributed by atoms with Crippen LogP contribution in [-0.4, -0.2) is 112 Å². The molecule has 0 amide bonds. The molecule has 2 fully saturated rings. The molecule has 0 bridgehead atoms. The van der Waals surface area contributed by atoms with E-state index in [2.05, 4.69) is 9.98 Å². The molecular formula is C30H45N6O13PS. The van der Waals surface area contributed by atoms with Crippen molar-refractivity contribution in [2.75, 3.05) is 26.3 Å². The molecule has 4 unspecified atom stereocenters. The summed E-state index contributed by atoms with van der Waals surface area (Å²) in [7, 11) is 1.28. The maximum atomic E-state index is 14.4. The third-order valence-corrected chi connectivity index (χ3v) is 11.6. The fraction of sp³-hybridized carbons (Fsp3) is 0.633. The Labute approximate surface area is 297 Å².